The van der Waals surface area contributed by atoms with Gasteiger partial charge in [-0.15, -0.1) is 0 Å². The third-order valence-corrected chi connectivity index (χ3v) is 3.29. The van der Waals surface area contributed by atoms with E-state index >= 15 is 0 Å². The number of fused-ring (bicyclic) bond motifs is 1. The van der Waals surface area contributed by atoms with Gasteiger partial charge in [0.1, 0.15) is 11.5 Å². The maximum atomic E-state index is 11.0. The summed E-state index contributed by atoms with van der Waals surface area (Å²) in [5.74, 6) is 1.05. The van der Waals surface area contributed by atoms with Crippen LogP contribution in [0.25, 0.3) is 10.8 Å². The van der Waals surface area contributed by atoms with Crippen LogP contribution in [0, 0.1) is 10.1 Å². The standard InChI is InChI=1S/C14H8BrN3O3/c15-9-5-10(7-17-6-9)21-14-2-1-13(18(19)20)12-8-16-4-3-11(12)14/h1-8H. The van der Waals surface area contributed by atoms with Crippen molar-refractivity contribution in [2.24, 2.45) is 0 Å². The fourth-order valence-corrected chi connectivity index (χ4v) is 2.31. The van der Waals surface area contributed by atoms with E-state index in [1.165, 1.54) is 12.3 Å². The summed E-state index contributed by atoms with van der Waals surface area (Å²) < 4.78 is 6.55. The fraction of sp³-hybridized carbons (Fsp3) is 0. The first kappa shape index (κ1) is 13.4. The van der Waals surface area contributed by atoms with Crippen molar-refractivity contribution in [2.75, 3.05) is 0 Å². The van der Waals surface area contributed by atoms with Crippen molar-refractivity contribution in [3.63, 3.8) is 0 Å². The smallest absolute Gasteiger partial charge is 0.279 e. The van der Waals surface area contributed by atoms with Crippen LogP contribution < -0.4 is 4.74 Å². The second-order valence-corrected chi connectivity index (χ2v) is 5.12. The van der Waals surface area contributed by atoms with Crippen LogP contribution >= 0.6 is 15.9 Å². The van der Waals surface area contributed by atoms with Crippen LogP contribution in [0.1, 0.15) is 0 Å². The molecule has 2 heterocycles. The molecule has 0 spiro atoms. The quantitative estimate of drug-likeness (QED) is 0.527. The van der Waals surface area contributed by atoms with Crippen molar-refractivity contribution < 1.29 is 9.66 Å². The Bertz CT molecular complexity index is 839. The number of non-ortho nitro benzene ring substituents is 1. The number of nitrogens with zero attached hydrogens (tertiary/aromatic N) is 3. The Morgan fingerprint density at radius 3 is 2.71 bits per heavy atom. The molecule has 0 unspecified atom stereocenters. The first-order valence-corrected chi connectivity index (χ1v) is 6.74. The van der Waals surface area contributed by atoms with E-state index in [1.807, 2.05) is 0 Å². The monoisotopic (exact) mass is 345 g/mol. The Morgan fingerprint density at radius 1 is 1.10 bits per heavy atom. The minimum atomic E-state index is -0.436. The molecule has 1 aromatic carbocycles. The number of hydrogen-bond donors (Lipinski definition) is 0. The van der Waals surface area contributed by atoms with Gasteiger partial charge in [0.15, 0.2) is 0 Å². The Kier molecular flexibility index (Phi) is 3.49. The van der Waals surface area contributed by atoms with Gasteiger partial charge in [-0.1, -0.05) is 0 Å². The predicted octanol–water partition coefficient (Wildman–Crippen LogP) is 4.09. The Labute approximate surface area is 127 Å². The van der Waals surface area contributed by atoms with Crippen molar-refractivity contribution >= 4 is 32.4 Å². The zero-order valence-electron chi connectivity index (χ0n) is 10.6. The Balaban J connectivity index is 2.12. The largest absolute Gasteiger partial charge is 0.455 e. The lowest BCUT2D eigenvalue weighted by atomic mass is 10.1. The van der Waals surface area contributed by atoms with Gasteiger partial charge in [-0.05, 0) is 34.1 Å². The molecule has 0 fully saturated rings. The van der Waals surface area contributed by atoms with Crippen LogP contribution in [-0.4, -0.2) is 14.9 Å². The number of nitro groups is 1. The fourth-order valence-electron chi connectivity index (χ4n) is 1.97. The average molecular weight is 346 g/mol. The summed E-state index contributed by atoms with van der Waals surface area (Å²) >= 11 is 3.31. The van der Waals surface area contributed by atoms with Gasteiger partial charge in [0, 0.05) is 34.5 Å². The normalized spacial score (nSPS) is 10.5. The van der Waals surface area contributed by atoms with Crippen LogP contribution in [0.3, 0.4) is 0 Å². The van der Waals surface area contributed by atoms with Crippen LogP contribution in [0.4, 0.5) is 5.69 Å². The van der Waals surface area contributed by atoms with Crippen LogP contribution in [0.2, 0.25) is 0 Å². The SMILES string of the molecule is O=[N+]([O-])c1ccc(Oc2cncc(Br)c2)c2ccncc12. The molecule has 0 radical (unpaired) electrons. The summed E-state index contributed by atoms with van der Waals surface area (Å²) in [6, 6.07) is 6.43. The highest BCUT2D eigenvalue weighted by Gasteiger charge is 2.15. The number of pyridine rings is 2. The molecule has 0 atom stereocenters. The minimum Gasteiger partial charge on any atom is -0.455 e. The Hall–Kier alpha value is -2.54. The van der Waals surface area contributed by atoms with Crippen molar-refractivity contribution in [3.8, 4) is 11.5 Å². The van der Waals surface area contributed by atoms with E-state index in [0.717, 1.165) is 4.47 Å². The molecule has 7 heteroatoms. The summed E-state index contributed by atoms with van der Waals surface area (Å²) in [5.41, 5.74) is -0.00202. The highest BCUT2D eigenvalue weighted by molar-refractivity contribution is 9.10. The van der Waals surface area contributed by atoms with Gasteiger partial charge in [0.2, 0.25) is 0 Å². The van der Waals surface area contributed by atoms with E-state index in [0.29, 0.717) is 22.3 Å². The summed E-state index contributed by atoms with van der Waals surface area (Å²) in [5, 5.41) is 12.1. The highest BCUT2D eigenvalue weighted by atomic mass is 79.9. The van der Waals surface area contributed by atoms with Gasteiger partial charge in [0.05, 0.1) is 16.5 Å². The molecule has 0 saturated carbocycles. The van der Waals surface area contributed by atoms with Crippen molar-refractivity contribution in [2.45, 2.75) is 0 Å². The molecule has 0 aliphatic heterocycles. The molecule has 6 nitrogen and oxygen atoms in total. The second kappa shape index (κ2) is 5.45. The predicted molar refractivity (Wildman–Crippen MR) is 80.4 cm³/mol. The number of hydrogen-bond acceptors (Lipinski definition) is 5. The molecular weight excluding hydrogens is 338 g/mol. The van der Waals surface area contributed by atoms with Gasteiger partial charge in [-0.2, -0.15) is 0 Å². The second-order valence-electron chi connectivity index (χ2n) is 4.20. The number of aromatic nitrogens is 2. The van der Waals surface area contributed by atoms with Gasteiger partial charge in [0.25, 0.3) is 5.69 Å². The molecule has 3 aromatic rings. The molecule has 0 amide bonds. The summed E-state index contributed by atoms with van der Waals surface area (Å²) in [6.07, 6.45) is 6.24. The zero-order valence-corrected chi connectivity index (χ0v) is 12.1. The molecule has 104 valence electrons. The third kappa shape index (κ3) is 2.68. The minimum absolute atomic E-state index is 0.00202. The van der Waals surface area contributed by atoms with Gasteiger partial charge < -0.3 is 4.74 Å². The van der Waals surface area contributed by atoms with Gasteiger partial charge >= 0.3 is 0 Å². The molecular formula is C14H8BrN3O3. The highest BCUT2D eigenvalue weighted by Crippen LogP contribution is 2.34. The van der Waals surface area contributed by atoms with E-state index in [1.54, 1.807) is 36.8 Å². The van der Waals surface area contributed by atoms with Crippen molar-refractivity contribution in [1.82, 2.24) is 9.97 Å². The topological polar surface area (TPSA) is 78.2 Å². The van der Waals surface area contributed by atoms with Crippen LogP contribution in [0.5, 0.6) is 11.5 Å². The molecule has 0 aliphatic carbocycles. The zero-order chi connectivity index (χ0) is 14.8. The molecule has 21 heavy (non-hydrogen) atoms. The summed E-state index contributed by atoms with van der Waals surface area (Å²) in [7, 11) is 0. The number of benzene rings is 1. The van der Waals surface area contributed by atoms with E-state index in [4.69, 9.17) is 4.74 Å². The molecule has 0 N–H and O–H groups in total. The summed E-state index contributed by atoms with van der Waals surface area (Å²) in [4.78, 5) is 18.6. The number of nitro benzene ring substituents is 1. The van der Waals surface area contributed by atoms with E-state index in [-0.39, 0.29) is 5.69 Å². The average Bonchev–Trinajstić information content (AvgIpc) is 2.47. The maximum absolute atomic E-state index is 11.0. The third-order valence-electron chi connectivity index (χ3n) is 2.86. The first-order valence-electron chi connectivity index (χ1n) is 5.94. The lowest BCUT2D eigenvalue weighted by molar-refractivity contribution is -0.383. The maximum Gasteiger partial charge on any atom is 0.279 e. The first-order chi connectivity index (χ1) is 10.1. The number of halogens is 1. The number of rotatable bonds is 3. The van der Waals surface area contributed by atoms with E-state index < -0.39 is 4.92 Å². The molecule has 0 saturated heterocycles. The lowest BCUT2D eigenvalue weighted by Crippen LogP contribution is -1.93. The Morgan fingerprint density at radius 2 is 1.95 bits per heavy atom. The van der Waals surface area contributed by atoms with E-state index in [9.17, 15) is 10.1 Å². The molecule has 0 bridgehead atoms. The lowest BCUT2D eigenvalue weighted by Gasteiger charge is -2.09. The summed E-state index contributed by atoms with van der Waals surface area (Å²) in [6.45, 7) is 0. The van der Waals surface area contributed by atoms with Crippen LogP contribution in [0.15, 0.2) is 53.5 Å². The van der Waals surface area contributed by atoms with E-state index in [2.05, 4.69) is 25.9 Å². The van der Waals surface area contributed by atoms with Gasteiger partial charge in [-0.3, -0.25) is 20.1 Å². The van der Waals surface area contributed by atoms with Crippen molar-refractivity contribution in [3.05, 3.63) is 63.6 Å². The number of ether oxygens (including phenoxy) is 1. The molecule has 0 aliphatic rings. The molecule has 3 rings (SSSR count). The van der Waals surface area contributed by atoms with Crippen LogP contribution in [-0.2, 0) is 0 Å². The molecule has 2 aromatic heterocycles. The van der Waals surface area contributed by atoms with Crippen molar-refractivity contribution in [1.29, 1.82) is 0 Å². The van der Waals surface area contributed by atoms with Gasteiger partial charge in [-0.25, -0.2) is 0 Å².